The van der Waals surface area contributed by atoms with E-state index < -0.39 is 23.8 Å². The van der Waals surface area contributed by atoms with Crippen LogP contribution in [0, 0.1) is 0 Å². The number of rotatable bonds is 8. The zero-order valence-corrected chi connectivity index (χ0v) is 28.9. The van der Waals surface area contributed by atoms with Gasteiger partial charge in [-0.25, -0.2) is 0 Å². The molecule has 3 nitrogen and oxygen atoms in total. The molecule has 0 aliphatic heterocycles. The number of allylic oxidation sites excluding steroid dienone is 1. The monoisotopic (exact) mass is 582 g/mol. The molecule has 1 aliphatic carbocycles. The molecule has 0 heterocycles. The van der Waals surface area contributed by atoms with E-state index >= 15 is 0 Å². The molecule has 0 N–H and O–H groups in total. The van der Waals surface area contributed by atoms with Gasteiger partial charge >= 0.3 is 0 Å². The second kappa shape index (κ2) is 11.8. The smallest absolute Gasteiger partial charge is 0.192 e. The quantitative estimate of drug-likeness (QED) is 0.230. The highest BCUT2D eigenvalue weighted by atomic mass is 31.2. The minimum Gasteiger partial charge on any atom is -0.413 e. The van der Waals surface area contributed by atoms with Crippen molar-refractivity contribution in [3.05, 3.63) is 84.5 Å². The Morgan fingerprint density at radius 1 is 0.821 bits per heavy atom. The molecule has 2 atom stereocenters. The Hall–Kier alpha value is -1.50. The van der Waals surface area contributed by atoms with Crippen molar-refractivity contribution >= 4 is 34.4 Å². The summed E-state index contributed by atoms with van der Waals surface area (Å²) in [4.78, 5) is 0. The van der Waals surface area contributed by atoms with Gasteiger partial charge in [-0.3, -0.25) is 0 Å². The molecule has 1 fully saturated rings. The third-order valence-corrected chi connectivity index (χ3v) is 21.2. The maximum Gasteiger partial charge on any atom is 0.192 e. The van der Waals surface area contributed by atoms with Crippen LogP contribution in [0.15, 0.2) is 84.5 Å². The fraction of sp³-hybridized carbons (Fsp3) is 0.515. The average molecular weight is 583 g/mol. The van der Waals surface area contributed by atoms with E-state index in [1.165, 1.54) is 0 Å². The first-order valence-electron chi connectivity index (χ1n) is 14.3. The van der Waals surface area contributed by atoms with E-state index in [0.29, 0.717) is 6.16 Å². The van der Waals surface area contributed by atoms with Gasteiger partial charge in [0.1, 0.15) is 7.14 Å². The lowest BCUT2D eigenvalue weighted by Crippen LogP contribution is -2.49. The van der Waals surface area contributed by atoms with Gasteiger partial charge in [0, 0.05) is 23.2 Å². The van der Waals surface area contributed by atoms with Crippen LogP contribution in [0.1, 0.15) is 54.4 Å². The van der Waals surface area contributed by atoms with Crippen molar-refractivity contribution in [2.45, 2.75) is 103 Å². The van der Waals surface area contributed by atoms with Crippen molar-refractivity contribution in [3.8, 4) is 0 Å². The molecule has 0 aromatic heterocycles. The standard InChI is InChI=1S/C33H51O3PSi2/c1-26-27(22-23-37(34,29-18-14-12-15-19-29)30-20-16-13-17-21-30)24-28(35-38(8,9)32(2,3)4)25-31(26)36-39(10,11)33(5,6)7/h12-22,28,31H,1,23-25H2,2-11H3/t28-,31+/m1/s1. The van der Waals surface area contributed by atoms with Crippen LogP contribution in [-0.2, 0) is 13.4 Å². The minimum absolute atomic E-state index is 0.0604. The molecule has 6 heteroatoms. The Morgan fingerprint density at radius 3 is 1.69 bits per heavy atom. The molecular weight excluding hydrogens is 532 g/mol. The Kier molecular flexibility index (Phi) is 9.67. The number of hydrogen-bond acceptors (Lipinski definition) is 3. The third-order valence-electron chi connectivity index (χ3n) is 9.18. The number of benzene rings is 2. The summed E-state index contributed by atoms with van der Waals surface area (Å²) in [5.41, 5.74) is 2.17. The van der Waals surface area contributed by atoms with Crippen molar-refractivity contribution in [2.75, 3.05) is 6.16 Å². The highest BCUT2D eigenvalue weighted by Gasteiger charge is 2.44. The summed E-state index contributed by atoms with van der Waals surface area (Å²) >= 11 is 0. The summed E-state index contributed by atoms with van der Waals surface area (Å²) < 4.78 is 28.7. The van der Waals surface area contributed by atoms with Gasteiger partial charge in [-0.1, -0.05) is 115 Å². The lowest BCUT2D eigenvalue weighted by atomic mass is 9.86. The molecule has 0 radical (unpaired) electrons. The third kappa shape index (κ3) is 7.43. The molecule has 2 aromatic carbocycles. The van der Waals surface area contributed by atoms with Crippen LogP contribution in [-0.4, -0.2) is 35.0 Å². The Labute approximate surface area is 240 Å². The first kappa shape index (κ1) is 32.0. The normalized spacial score (nSPS) is 20.9. The lowest BCUT2D eigenvalue weighted by molar-refractivity contribution is 0.0969. The van der Waals surface area contributed by atoms with Crippen LogP contribution >= 0.6 is 7.14 Å². The molecule has 2 aromatic rings. The molecule has 0 unspecified atom stereocenters. The molecule has 0 bridgehead atoms. The van der Waals surface area contributed by atoms with E-state index in [9.17, 15) is 4.57 Å². The summed E-state index contributed by atoms with van der Waals surface area (Å²) in [5.74, 6) is 0. The molecule has 0 spiro atoms. The first-order valence-corrected chi connectivity index (χ1v) is 22.0. The predicted octanol–water partition coefficient (Wildman–Crippen LogP) is 9.06. The Balaban J connectivity index is 2.01. The van der Waals surface area contributed by atoms with Crippen LogP contribution in [0.25, 0.3) is 0 Å². The van der Waals surface area contributed by atoms with Crippen LogP contribution < -0.4 is 10.6 Å². The molecule has 214 valence electrons. The topological polar surface area (TPSA) is 35.5 Å². The fourth-order valence-electron chi connectivity index (χ4n) is 4.53. The molecule has 0 saturated heterocycles. The van der Waals surface area contributed by atoms with Crippen molar-refractivity contribution in [1.29, 1.82) is 0 Å². The lowest BCUT2D eigenvalue weighted by Gasteiger charge is -2.45. The summed E-state index contributed by atoms with van der Waals surface area (Å²) in [5, 5.41) is 1.99. The average Bonchev–Trinajstić information content (AvgIpc) is 2.84. The van der Waals surface area contributed by atoms with Gasteiger partial charge in [-0.2, -0.15) is 0 Å². The van der Waals surface area contributed by atoms with Crippen LogP contribution in [0.5, 0.6) is 0 Å². The second-order valence-corrected chi connectivity index (χ2v) is 26.5. The molecule has 0 amide bonds. The maximum atomic E-state index is 14.7. The zero-order valence-electron chi connectivity index (χ0n) is 26.0. The highest BCUT2D eigenvalue weighted by Crippen LogP contribution is 2.47. The van der Waals surface area contributed by atoms with Gasteiger partial charge in [0.2, 0.25) is 0 Å². The summed E-state index contributed by atoms with van der Waals surface area (Å²) in [6, 6.07) is 19.8. The SMILES string of the molecule is C=C1C(=CCP(=O)(c2ccccc2)c2ccccc2)C[C@@H](O[Si](C)(C)C(C)(C)C)C[C@@H]1O[Si](C)(C)C(C)(C)C. The first-order chi connectivity index (χ1) is 17.9. The van der Waals surface area contributed by atoms with E-state index in [-0.39, 0.29) is 22.3 Å². The highest BCUT2D eigenvalue weighted by molar-refractivity contribution is 7.78. The maximum absolute atomic E-state index is 14.7. The Bertz CT molecular complexity index is 1160. The van der Waals surface area contributed by atoms with Crippen molar-refractivity contribution in [2.24, 2.45) is 0 Å². The van der Waals surface area contributed by atoms with Crippen molar-refractivity contribution < 1.29 is 13.4 Å². The molecule has 39 heavy (non-hydrogen) atoms. The largest absolute Gasteiger partial charge is 0.413 e. The molecular formula is C33H51O3PSi2. The van der Waals surface area contributed by atoms with E-state index in [2.05, 4.69) is 80.4 Å². The molecule has 1 aliphatic rings. The number of hydrogen-bond donors (Lipinski definition) is 0. The second-order valence-electron chi connectivity index (χ2n) is 14.2. The molecule has 1 saturated carbocycles. The zero-order chi connectivity index (χ0) is 29.3. The van der Waals surface area contributed by atoms with Gasteiger partial charge in [0.25, 0.3) is 0 Å². The molecule has 3 rings (SSSR count). The van der Waals surface area contributed by atoms with E-state index in [1.807, 2.05) is 60.7 Å². The minimum atomic E-state index is -2.87. The van der Waals surface area contributed by atoms with Gasteiger partial charge < -0.3 is 13.4 Å². The van der Waals surface area contributed by atoms with Crippen molar-refractivity contribution in [1.82, 2.24) is 0 Å². The van der Waals surface area contributed by atoms with Crippen LogP contribution in [0.4, 0.5) is 0 Å². The van der Waals surface area contributed by atoms with Gasteiger partial charge in [0.05, 0.1) is 12.2 Å². The van der Waals surface area contributed by atoms with Gasteiger partial charge in [-0.05, 0) is 53.8 Å². The van der Waals surface area contributed by atoms with Crippen molar-refractivity contribution in [3.63, 3.8) is 0 Å². The van der Waals surface area contributed by atoms with E-state index in [0.717, 1.165) is 34.6 Å². The summed E-state index contributed by atoms with van der Waals surface area (Å²) in [6.45, 7) is 27.5. The van der Waals surface area contributed by atoms with Gasteiger partial charge in [0.15, 0.2) is 16.6 Å². The van der Waals surface area contributed by atoms with E-state index in [1.54, 1.807) is 0 Å². The van der Waals surface area contributed by atoms with E-state index in [4.69, 9.17) is 8.85 Å². The van der Waals surface area contributed by atoms with Crippen LogP contribution in [0.2, 0.25) is 36.3 Å². The fourth-order valence-corrected chi connectivity index (χ4v) is 9.71. The predicted molar refractivity (Wildman–Crippen MR) is 175 cm³/mol. The Morgan fingerprint density at radius 2 is 1.26 bits per heavy atom. The van der Waals surface area contributed by atoms with Crippen LogP contribution in [0.3, 0.4) is 0 Å². The van der Waals surface area contributed by atoms with Gasteiger partial charge in [-0.15, -0.1) is 0 Å². The summed E-state index contributed by atoms with van der Waals surface area (Å²) in [7, 11) is -6.90. The summed E-state index contributed by atoms with van der Waals surface area (Å²) in [6.07, 6.45) is 4.22.